The highest BCUT2D eigenvalue weighted by molar-refractivity contribution is 5.56. The molecule has 0 unspecified atom stereocenters. The predicted octanol–water partition coefficient (Wildman–Crippen LogP) is 1.03. The van der Waals surface area contributed by atoms with E-state index in [1.54, 1.807) is 17.1 Å². The van der Waals surface area contributed by atoms with Gasteiger partial charge in [-0.15, -0.1) is 0 Å². The predicted molar refractivity (Wildman–Crippen MR) is 63.5 cm³/mol. The molecule has 0 atom stereocenters. The van der Waals surface area contributed by atoms with E-state index in [1.807, 2.05) is 24.4 Å². The largest absolute Gasteiger partial charge is 0.382 e. The van der Waals surface area contributed by atoms with Crippen molar-refractivity contribution in [2.24, 2.45) is 5.73 Å². The summed E-state index contributed by atoms with van der Waals surface area (Å²) >= 11 is 0. The van der Waals surface area contributed by atoms with Gasteiger partial charge in [0.2, 0.25) is 0 Å². The fraction of sp³-hybridized carbons (Fsp3) is 0.273. The Kier molecular flexibility index (Phi) is 3.50. The summed E-state index contributed by atoms with van der Waals surface area (Å²) < 4.78 is 1.74. The van der Waals surface area contributed by atoms with Gasteiger partial charge in [-0.2, -0.15) is 5.10 Å². The maximum absolute atomic E-state index is 5.45. The molecule has 5 heteroatoms. The molecule has 2 aromatic heterocycles. The topological polar surface area (TPSA) is 68.8 Å². The first-order valence-electron chi connectivity index (χ1n) is 5.31. The second-order valence-electron chi connectivity index (χ2n) is 3.39. The summed E-state index contributed by atoms with van der Waals surface area (Å²) in [5.41, 5.74) is 6.42. The highest BCUT2D eigenvalue weighted by Crippen LogP contribution is 2.15. The molecule has 0 saturated heterocycles. The smallest absolute Gasteiger partial charge is 0.176 e. The van der Waals surface area contributed by atoms with Crippen LogP contribution in [0.25, 0.3) is 5.82 Å². The normalized spacial score (nSPS) is 10.3. The highest BCUT2D eigenvalue weighted by Gasteiger charge is 2.04. The van der Waals surface area contributed by atoms with Gasteiger partial charge in [-0.3, -0.25) is 0 Å². The minimum atomic E-state index is 0.685. The van der Waals surface area contributed by atoms with Gasteiger partial charge >= 0.3 is 0 Å². The van der Waals surface area contributed by atoms with Crippen LogP contribution in [0.2, 0.25) is 0 Å². The molecule has 5 nitrogen and oxygen atoms in total. The van der Waals surface area contributed by atoms with Gasteiger partial charge in [-0.25, -0.2) is 9.67 Å². The van der Waals surface area contributed by atoms with Gasteiger partial charge < -0.3 is 11.1 Å². The van der Waals surface area contributed by atoms with Gasteiger partial charge in [0.05, 0.1) is 5.69 Å². The molecular weight excluding hydrogens is 202 g/mol. The number of pyridine rings is 1. The average Bonchev–Trinajstić information content (AvgIpc) is 2.83. The minimum Gasteiger partial charge on any atom is -0.382 e. The summed E-state index contributed by atoms with van der Waals surface area (Å²) in [5, 5.41) is 7.46. The fourth-order valence-corrected chi connectivity index (χ4v) is 1.44. The van der Waals surface area contributed by atoms with E-state index in [4.69, 9.17) is 5.73 Å². The third-order valence-corrected chi connectivity index (χ3v) is 2.20. The lowest BCUT2D eigenvalue weighted by atomic mass is 10.3. The summed E-state index contributed by atoms with van der Waals surface area (Å²) in [6.07, 6.45) is 6.30. The summed E-state index contributed by atoms with van der Waals surface area (Å²) in [7, 11) is 0. The van der Waals surface area contributed by atoms with E-state index in [-0.39, 0.29) is 0 Å². The SMILES string of the molecule is NCCCNc1cccnc1-n1cccn1. The maximum Gasteiger partial charge on any atom is 0.176 e. The molecule has 84 valence electrons. The molecule has 0 saturated carbocycles. The monoisotopic (exact) mass is 217 g/mol. The van der Waals surface area contributed by atoms with Gasteiger partial charge in [0.25, 0.3) is 0 Å². The molecular formula is C11H15N5. The number of aromatic nitrogens is 3. The Bertz CT molecular complexity index is 424. The molecule has 0 fully saturated rings. The average molecular weight is 217 g/mol. The molecule has 3 N–H and O–H groups in total. The molecule has 2 heterocycles. The molecule has 0 aromatic carbocycles. The van der Waals surface area contributed by atoms with Crippen molar-refractivity contribution in [3.63, 3.8) is 0 Å². The van der Waals surface area contributed by atoms with E-state index in [0.717, 1.165) is 24.5 Å². The highest BCUT2D eigenvalue weighted by atomic mass is 15.3. The molecule has 2 aromatic rings. The summed E-state index contributed by atoms with van der Waals surface area (Å²) in [4.78, 5) is 4.31. The third-order valence-electron chi connectivity index (χ3n) is 2.20. The molecule has 2 rings (SSSR count). The van der Waals surface area contributed by atoms with Crippen molar-refractivity contribution in [3.05, 3.63) is 36.8 Å². The van der Waals surface area contributed by atoms with Crippen molar-refractivity contribution in [2.45, 2.75) is 6.42 Å². The number of anilines is 1. The number of nitrogens with zero attached hydrogens (tertiary/aromatic N) is 3. The molecule has 0 amide bonds. The summed E-state index contributed by atoms with van der Waals surface area (Å²) in [6.45, 7) is 1.53. The van der Waals surface area contributed by atoms with Crippen molar-refractivity contribution < 1.29 is 0 Å². The van der Waals surface area contributed by atoms with Gasteiger partial charge in [-0.1, -0.05) is 0 Å². The van der Waals surface area contributed by atoms with Crippen molar-refractivity contribution >= 4 is 5.69 Å². The lowest BCUT2D eigenvalue weighted by molar-refractivity contribution is 0.836. The van der Waals surface area contributed by atoms with E-state index in [0.29, 0.717) is 6.54 Å². The Balaban J connectivity index is 2.18. The van der Waals surface area contributed by atoms with E-state index in [2.05, 4.69) is 15.4 Å². The Morgan fingerprint density at radius 1 is 1.31 bits per heavy atom. The second-order valence-corrected chi connectivity index (χ2v) is 3.39. The molecule has 16 heavy (non-hydrogen) atoms. The first kappa shape index (κ1) is 10.6. The molecule has 0 aliphatic heterocycles. The number of nitrogens with one attached hydrogen (secondary N) is 1. The van der Waals surface area contributed by atoms with Crippen LogP contribution in [0.4, 0.5) is 5.69 Å². The Labute approximate surface area is 94.3 Å². The molecule has 0 aliphatic carbocycles. The van der Waals surface area contributed by atoms with E-state index in [1.165, 1.54) is 0 Å². The quantitative estimate of drug-likeness (QED) is 0.734. The van der Waals surface area contributed by atoms with Gasteiger partial charge in [0.1, 0.15) is 0 Å². The zero-order chi connectivity index (χ0) is 11.2. The van der Waals surface area contributed by atoms with Gasteiger partial charge in [0.15, 0.2) is 5.82 Å². The zero-order valence-corrected chi connectivity index (χ0v) is 9.00. The zero-order valence-electron chi connectivity index (χ0n) is 9.00. The molecule has 0 spiro atoms. The number of hydrogen-bond acceptors (Lipinski definition) is 4. The number of rotatable bonds is 5. The van der Waals surface area contributed by atoms with Crippen LogP contribution in [0.15, 0.2) is 36.8 Å². The minimum absolute atomic E-state index is 0.685. The van der Waals surface area contributed by atoms with Gasteiger partial charge in [-0.05, 0) is 31.2 Å². The molecule has 0 radical (unpaired) electrons. The fourth-order valence-electron chi connectivity index (χ4n) is 1.44. The Morgan fingerprint density at radius 3 is 3.00 bits per heavy atom. The second kappa shape index (κ2) is 5.27. The van der Waals surface area contributed by atoms with Crippen LogP contribution in [-0.4, -0.2) is 27.9 Å². The van der Waals surface area contributed by atoms with E-state index < -0.39 is 0 Å². The van der Waals surface area contributed by atoms with Crippen molar-refractivity contribution in [3.8, 4) is 5.82 Å². The Hall–Kier alpha value is -1.88. The first-order valence-corrected chi connectivity index (χ1v) is 5.31. The number of nitrogens with two attached hydrogens (primary N) is 1. The lowest BCUT2D eigenvalue weighted by Crippen LogP contribution is -2.11. The number of hydrogen-bond donors (Lipinski definition) is 2. The van der Waals surface area contributed by atoms with Crippen LogP contribution in [0, 0.1) is 0 Å². The van der Waals surface area contributed by atoms with Crippen molar-refractivity contribution in [1.82, 2.24) is 14.8 Å². The maximum atomic E-state index is 5.45. The van der Waals surface area contributed by atoms with Crippen LogP contribution in [0.3, 0.4) is 0 Å². The van der Waals surface area contributed by atoms with E-state index in [9.17, 15) is 0 Å². The van der Waals surface area contributed by atoms with Crippen molar-refractivity contribution in [2.75, 3.05) is 18.4 Å². The molecule has 0 bridgehead atoms. The van der Waals surface area contributed by atoms with Crippen LogP contribution in [0.1, 0.15) is 6.42 Å². The van der Waals surface area contributed by atoms with E-state index >= 15 is 0 Å². The van der Waals surface area contributed by atoms with Crippen LogP contribution >= 0.6 is 0 Å². The van der Waals surface area contributed by atoms with Crippen LogP contribution in [0.5, 0.6) is 0 Å². The van der Waals surface area contributed by atoms with Gasteiger partial charge in [0, 0.05) is 25.1 Å². The lowest BCUT2D eigenvalue weighted by Gasteiger charge is -2.10. The summed E-state index contributed by atoms with van der Waals surface area (Å²) in [6, 6.07) is 5.76. The molecule has 0 aliphatic rings. The third kappa shape index (κ3) is 2.38. The van der Waals surface area contributed by atoms with Crippen molar-refractivity contribution in [1.29, 1.82) is 0 Å². The first-order chi connectivity index (χ1) is 7.92. The van der Waals surface area contributed by atoms with Crippen LogP contribution in [-0.2, 0) is 0 Å². The standard InChI is InChI=1S/C11H15N5/c12-5-2-7-13-10-4-1-6-14-11(10)16-9-3-8-15-16/h1,3-4,6,8-9,13H,2,5,7,12H2. The van der Waals surface area contributed by atoms with Crippen LogP contribution < -0.4 is 11.1 Å². The Morgan fingerprint density at radius 2 is 2.25 bits per heavy atom. The summed E-state index contributed by atoms with van der Waals surface area (Å²) in [5.74, 6) is 0.810.